The summed E-state index contributed by atoms with van der Waals surface area (Å²) < 4.78 is 34.7. The second-order valence-corrected chi connectivity index (χ2v) is 9.03. The lowest BCUT2D eigenvalue weighted by atomic mass is 10.0. The second kappa shape index (κ2) is 14.4. The van der Waals surface area contributed by atoms with E-state index in [4.69, 9.17) is 4.74 Å². The molecule has 0 fully saturated rings. The molecule has 1 unspecified atom stereocenters. The van der Waals surface area contributed by atoms with E-state index < -0.39 is 11.6 Å². The Balaban J connectivity index is 1.52. The Hall–Kier alpha value is -3.18. The molecule has 0 radical (unpaired) electrons. The number of nitrogens with zero attached hydrogens (tertiary/aromatic N) is 2. The zero-order valence-electron chi connectivity index (χ0n) is 21.4. The number of rotatable bonds is 14. The van der Waals surface area contributed by atoms with Gasteiger partial charge < -0.3 is 4.74 Å². The Morgan fingerprint density at radius 3 is 2.39 bits per heavy atom. The second-order valence-electron chi connectivity index (χ2n) is 9.03. The van der Waals surface area contributed by atoms with E-state index in [1.165, 1.54) is 25.2 Å². The number of aromatic nitrogens is 2. The van der Waals surface area contributed by atoms with Gasteiger partial charge >= 0.3 is 0 Å². The number of hydrogen-bond donors (Lipinski definition) is 0. The number of allylic oxidation sites excluding steroid dienone is 2. The molecule has 0 spiro atoms. The lowest BCUT2D eigenvalue weighted by Crippen LogP contribution is -2.08. The van der Waals surface area contributed by atoms with E-state index in [1.54, 1.807) is 18.2 Å². The largest absolute Gasteiger partial charge is 0.379 e. The number of unbranched alkanes of at least 4 members (excludes halogenated alkanes) is 3. The molecule has 0 saturated carbocycles. The highest BCUT2D eigenvalue weighted by Gasteiger charge is 2.15. The minimum absolute atomic E-state index is 0.143. The Labute approximate surface area is 214 Å². The first-order chi connectivity index (χ1) is 17.5. The average Bonchev–Trinajstić information content (AvgIpc) is 2.90. The molecule has 0 aliphatic carbocycles. The van der Waals surface area contributed by atoms with Crippen LogP contribution >= 0.6 is 0 Å². The van der Waals surface area contributed by atoms with Crippen LogP contribution in [0.15, 0.2) is 67.5 Å². The van der Waals surface area contributed by atoms with E-state index in [2.05, 4.69) is 42.5 Å². The van der Waals surface area contributed by atoms with E-state index in [1.807, 2.05) is 24.3 Å². The fraction of sp³-hybridized carbons (Fsp3) is 0.355. The molecule has 2 aromatic carbocycles. The molecule has 36 heavy (non-hydrogen) atoms. The van der Waals surface area contributed by atoms with Crippen molar-refractivity contribution in [1.82, 2.24) is 9.97 Å². The smallest absolute Gasteiger partial charge is 0.167 e. The van der Waals surface area contributed by atoms with Gasteiger partial charge in [0.1, 0.15) is 0 Å². The third kappa shape index (κ3) is 7.92. The molecule has 190 valence electrons. The van der Waals surface area contributed by atoms with Crippen LogP contribution in [0.3, 0.4) is 0 Å². The van der Waals surface area contributed by atoms with Crippen molar-refractivity contribution < 1.29 is 13.5 Å². The van der Waals surface area contributed by atoms with E-state index in [9.17, 15) is 8.78 Å². The van der Waals surface area contributed by atoms with Gasteiger partial charge in [-0.1, -0.05) is 74.4 Å². The number of halogens is 2. The minimum atomic E-state index is -0.893. The van der Waals surface area contributed by atoms with E-state index in [-0.39, 0.29) is 17.5 Å². The predicted molar refractivity (Wildman–Crippen MR) is 145 cm³/mol. The summed E-state index contributed by atoms with van der Waals surface area (Å²) in [6.45, 7) is 8.79. The molecular formula is C31H36F2N2O. The lowest BCUT2D eigenvalue weighted by molar-refractivity contribution is 0.0566. The van der Waals surface area contributed by atoms with Crippen molar-refractivity contribution in [1.29, 1.82) is 0 Å². The predicted octanol–water partition coefficient (Wildman–Crippen LogP) is 8.60. The molecule has 0 aliphatic rings. The van der Waals surface area contributed by atoms with Crippen molar-refractivity contribution in [2.24, 2.45) is 0 Å². The van der Waals surface area contributed by atoms with Gasteiger partial charge in [-0.25, -0.2) is 18.7 Å². The van der Waals surface area contributed by atoms with Crippen LogP contribution in [0.5, 0.6) is 0 Å². The summed E-state index contributed by atoms with van der Waals surface area (Å²) in [4.78, 5) is 8.75. The number of hydrogen-bond acceptors (Lipinski definition) is 3. The van der Waals surface area contributed by atoms with Crippen LogP contribution in [0.1, 0.15) is 63.5 Å². The van der Waals surface area contributed by atoms with Gasteiger partial charge in [-0.15, -0.1) is 6.58 Å². The number of benzene rings is 2. The third-order valence-electron chi connectivity index (χ3n) is 6.10. The van der Waals surface area contributed by atoms with Crippen molar-refractivity contribution in [2.45, 2.75) is 64.9 Å². The Morgan fingerprint density at radius 1 is 0.944 bits per heavy atom. The molecule has 3 nitrogen and oxygen atoms in total. The summed E-state index contributed by atoms with van der Waals surface area (Å²) in [6.07, 6.45) is 16.3. The van der Waals surface area contributed by atoms with Crippen LogP contribution < -0.4 is 0 Å². The van der Waals surface area contributed by atoms with Crippen molar-refractivity contribution in [3.05, 3.63) is 90.3 Å². The van der Waals surface area contributed by atoms with E-state index in [0.717, 1.165) is 43.4 Å². The van der Waals surface area contributed by atoms with Gasteiger partial charge in [-0.05, 0) is 50.2 Å². The molecule has 3 aromatic rings. The van der Waals surface area contributed by atoms with Gasteiger partial charge in [0.2, 0.25) is 0 Å². The van der Waals surface area contributed by atoms with Gasteiger partial charge in [0.05, 0.1) is 6.10 Å². The number of ether oxygens (including phenoxy) is 1. The molecule has 0 N–H and O–H groups in total. The van der Waals surface area contributed by atoms with Gasteiger partial charge in [-0.3, -0.25) is 0 Å². The molecule has 1 heterocycles. The summed E-state index contributed by atoms with van der Waals surface area (Å²) >= 11 is 0. The van der Waals surface area contributed by atoms with Crippen LogP contribution in [0.4, 0.5) is 8.78 Å². The summed E-state index contributed by atoms with van der Waals surface area (Å²) in [6, 6.07) is 11.1. The van der Waals surface area contributed by atoms with Gasteiger partial charge in [0.15, 0.2) is 17.5 Å². The summed E-state index contributed by atoms with van der Waals surface area (Å²) in [7, 11) is 0. The topological polar surface area (TPSA) is 35.0 Å². The third-order valence-corrected chi connectivity index (χ3v) is 6.10. The van der Waals surface area contributed by atoms with Gasteiger partial charge in [-0.2, -0.15) is 0 Å². The highest BCUT2D eigenvalue weighted by molar-refractivity contribution is 5.65. The van der Waals surface area contributed by atoms with Gasteiger partial charge in [0, 0.05) is 35.7 Å². The van der Waals surface area contributed by atoms with Crippen LogP contribution in [0, 0.1) is 11.6 Å². The first-order valence-electron chi connectivity index (χ1n) is 12.8. The molecule has 0 amide bonds. The molecule has 0 saturated heterocycles. The molecule has 0 bridgehead atoms. The molecule has 1 atom stereocenters. The van der Waals surface area contributed by atoms with Gasteiger partial charge in [0.25, 0.3) is 0 Å². The monoisotopic (exact) mass is 490 g/mol. The van der Waals surface area contributed by atoms with Crippen molar-refractivity contribution in [2.75, 3.05) is 6.61 Å². The van der Waals surface area contributed by atoms with Crippen LogP contribution in [0.2, 0.25) is 0 Å². The fourth-order valence-electron chi connectivity index (χ4n) is 3.95. The Morgan fingerprint density at radius 2 is 1.69 bits per heavy atom. The van der Waals surface area contributed by atoms with Crippen molar-refractivity contribution in [3.63, 3.8) is 0 Å². The summed E-state index contributed by atoms with van der Waals surface area (Å²) in [5, 5.41) is 0. The standard InChI is InChI=1S/C31H36F2N2O/c1-4-6-10-20-36-23(3)12-8-7-9-13-24-14-16-26(17-15-24)31-34-21-27(22-35-31)28-19-18-25(11-5-2)29(32)30(28)33/h5,9,13-19,21-23H,2,4,6-8,10-12,20H2,1,3H3/b13-9+. The van der Waals surface area contributed by atoms with E-state index >= 15 is 0 Å². The summed E-state index contributed by atoms with van der Waals surface area (Å²) in [5.41, 5.74) is 2.82. The zero-order valence-corrected chi connectivity index (χ0v) is 21.4. The Bertz CT molecular complexity index is 1120. The first-order valence-corrected chi connectivity index (χ1v) is 12.8. The van der Waals surface area contributed by atoms with Crippen LogP contribution in [0.25, 0.3) is 28.6 Å². The van der Waals surface area contributed by atoms with Crippen molar-refractivity contribution >= 4 is 6.08 Å². The maximum atomic E-state index is 14.5. The average molecular weight is 491 g/mol. The van der Waals surface area contributed by atoms with Crippen LogP contribution in [-0.4, -0.2) is 22.7 Å². The quantitative estimate of drug-likeness (QED) is 0.168. The summed E-state index contributed by atoms with van der Waals surface area (Å²) in [5.74, 6) is -1.22. The minimum Gasteiger partial charge on any atom is -0.379 e. The highest BCUT2D eigenvalue weighted by Crippen LogP contribution is 2.27. The molecule has 5 heteroatoms. The maximum absolute atomic E-state index is 14.5. The first kappa shape index (κ1) is 27.4. The van der Waals surface area contributed by atoms with Crippen LogP contribution in [-0.2, 0) is 11.2 Å². The highest BCUT2D eigenvalue weighted by atomic mass is 19.2. The molecule has 0 aliphatic heterocycles. The molecule has 1 aromatic heterocycles. The normalized spacial score (nSPS) is 12.2. The van der Waals surface area contributed by atoms with E-state index in [0.29, 0.717) is 17.5 Å². The fourth-order valence-corrected chi connectivity index (χ4v) is 3.95. The Kier molecular flexibility index (Phi) is 11.0. The molecular weight excluding hydrogens is 454 g/mol. The SMILES string of the molecule is C=CCc1ccc(-c2cnc(-c3ccc(/C=C/CCCC(C)OCCCCC)cc3)nc2)c(F)c1F. The van der Waals surface area contributed by atoms with Crippen molar-refractivity contribution in [3.8, 4) is 22.5 Å². The maximum Gasteiger partial charge on any atom is 0.167 e. The zero-order chi connectivity index (χ0) is 25.8. The molecule has 3 rings (SSSR count). The lowest BCUT2D eigenvalue weighted by Gasteiger charge is -2.12.